The van der Waals surface area contributed by atoms with Crippen molar-refractivity contribution in [1.29, 1.82) is 0 Å². The molecule has 2 amide bonds. The minimum Gasteiger partial charge on any atom is -0.480 e. The average molecular weight is 288 g/mol. The number of aliphatic carboxylic acids is 1. The minimum atomic E-state index is -1.05. The molecule has 1 saturated heterocycles. The lowest BCUT2D eigenvalue weighted by Gasteiger charge is -2.26. The zero-order valence-corrected chi connectivity index (χ0v) is 11.7. The lowest BCUT2D eigenvalue weighted by molar-refractivity contribution is -0.140. The number of carboxylic acids is 1. The van der Waals surface area contributed by atoms with Gasteiger partial charge in [0.05, 0.1) is 5.75 Å². The summed E-state index contributed by atoms with van der Waals surface area (Å²) in [6.07, 6.45) is 4.05. The van der Waals surface area contributed by atoms with Crippen molar-refractivity contribution in [3.05, 3.63) is 0 Å². The van der Waals surface area contributed by atoms with E-state index in [-0.39, 0.29) is 5.91 Å². The Hall–Kier alpha value is -1.24. The molecule has 0 spiro atoms. The van der Waals surface area contributed by atoms with E-state index in [9.17, 15) is 14.4 Å². The second-order valence-corrected chi connectivity index (χ2v) is 5.56. The van der Waals surface area contributed by atoms with Crippen LogP contribution in [0.3, 0.4) is 0 Å². The molecule has 7 heteroatoms. The first-order chi connectivity index (χ1) is 9.15. The molecule has 0 bridgehead atoms. The second kappa shape index (κ2) is 8.79. The van der Waals surface area contributed by atoms with Gasteiger partial charge in [-0.2, -0.15) is 11.8 Å². The van der Waals surface area contributed by atoms with Gasteiger partial charge in [0.2, 0.25) is 12.3 Å². The maximum Gasteiger partial charge on any atom is 0.326 e. The summed E-state index contributed by atoms with van der Waals surface area (Å²) in [6, 6.07) is -0.866. The highest BCUT2D eigenvalue weighted by Crippen LogP contribution is 2.12. The van der Waals surface area contributed by atoms with Crippen molar-refractivity contribution in [2.75, 3.05) is 24.6 Å². The van der Waals surface area contributed by atoms with Crippen molar-refractivity contribution in [2.45, 2.75) is 31.7 Å². The number of hydrogen-bond acceptors (Lipinski definition) is 4. The summed E-state index contributed by atoms with van der Waals surface area (Å²) in [5, 5.41) is 11.1. The molecule has 1 aliphatic rings. The highest BCUT2D eigenvalue weighted by Gasteiger charge is 2.18. The van der Waals surface area contributed by atoms with Gasteiger partial charge in [-0.15, -0.1) is 0 Å². The predicted octanol–water partition coefficient (Wildman–Crippen LogP) is 0.321. The van der Waals surface area contributed by atoms with Gasteiger partial charge in [-0.05, 0) is 31.4 Å². The fourth-order valence-electron chi connectivity index (χ4n) is 1.96. The van der Waals surface area contributed by atoms with Crippen LogP contribution in [0.15, 0.2) is 0 Å². The molecule has 1 heterocycles. The number of carboxylic acid groups (broad SMARTS) is 1. The molecule has 0 aromatic rings. The summed E-state index contributed by atoms with van der Waals surface area (Å²) in [7, 11) is 0. The van der Waals surface area contributed by atoms with Crippen molar-refractivity contribution in [2.24, 2.45) is 0 Å². The number of carbonyl (C=O) groups excluding carboxylic acids is 2. The van der Waals surface area contributed by atoms with Crippen LogP contribution in [-0.2, 0) is 14.4 Å². The lowest BCUT2D eigenvalue weighted by atomic mass is 10.1. The first kappa shape index (κ1) is 15.8. The lowest BCUT2D eigenvalue weighted by Crippen LogP contribution is -2.37. The highest BCUT2D eigenvalue weighted by atomic mass is 32.2. The molecule has 1 aliphatic heterocycles. The normalized spacial score (nSPS) is 16.7. The Morgan fingerprint density at radius 3 is 2.58 bits per heavy atom. The van der Waals surface area contributed by atoms with E-state index in [0.29, 0.717) is 24.3 Å². The van der Waals surface area contributed by atoms with Crippen LogP contribution >= 0.6 is 11.8 Å². The fourth-order valence-corrected chi connectivity index (χ4v) is 2.86. The van der Waals surface area contributed by atoms with Crippen LogP contribution in [0, 0.1) is 0 Å². The van der Waals surface area contributed by atoms with E-state index in [1.807, 2.05) is 4.90 Å². The summed E-state index contributed by atoms with van der Waals surface area (Å²) in [5.74, 6) is 0.000127. The summed E-state index contributed by atoms with van der Waals surface area (Å²) in [5.41, 5.74) is 0. The number of nitrogens with zero attached hydrogens (tertiary/aromatic N) is 1. The van der Waals surface area contributed by atoms with Crippen LogP contribution in [0.1, 0.15) is 25.7 Å². The third-order valence-corrected chi connectivity index (χ3v) is 4.03. The first-order valence-corrected chi connectivity index (χ1v) is 7.58. The van der Waals surface area contributed by atoms with Crippen molar-refractivity contribution in [3.8, 4) is 0 Å². The Morgan fingerprint density at radius 1 is 1.32 bits per heavy atom. The van der Waals surface area contributed by atoms with Gasteiger partial charge in [-0.1, -0.05) is 0 Å². The van der Waals surface area contributed by atoms with Crippen LogP contribution in [0.2, 0.25) is 0 Å². The standard InChI is InChI=1S/C12H20N2O4S/c15-9-13-10(12(17)18)4-7-19-8-11(16)14-5-2-1-3-6-14/h9-10H,1-8H2,(H,13,15)(H,17,18). The Morgan fingerprint density at radius 2 is 2.00 bits per heavy atom. The second-order valence-electron chi connectivity index (χ2n) is 4.46. The number of carbonyl (C=O) groups is 3. The monoisotopic (exact) mass is 288 g/mol. The molecule has 1 atom stereocenters. The zero-order valence-electron chi connectivity index (χ0n) is 10.8. The molecular weight excluding hydrogens is 268 g/mol. The van der Waals surface area contributed by atoms with Gasteiger partial charge in [-0.25, -0.2) is 4.79 Å². The van der Waals surface area contributed by atoms with E-state index in [1.165, 1.54) is 18.2 Å². The zero-order chi connectivity index (χ0) is 14.1. The molecule has 2 N–H and O–H groups in total. The molecule has 1 fully saturated rings. The topological polar surface area (TPSA) is 86.7 Å². The van der Waals surface area contributed by atoms with Crippen LogP contribution in [0.4, 0.5) is 0 Å². The Balaban J connectivity index is 2.16. The van der Waals surface area contributed by atoms with Gasteiger partial charge in [0.25, 0.3) is 0 Å². The summed E-state index contributed by atoms with van der Waals surface area (Å²) < 4.78 is 0. The van der Waals surface area contributed by atoms with Gasteiger partial charge in [0, 0.05) is 13.1 Å². The molecule has 0 saturated carbocycles. The fraction of sp³-hybridized carbons (Fsp3) is 0.750. The molecule has 0 aromatic carbocycles. The van der Waals surface area contributed by atoms with Gasteiger partial charge in [0.1, 0.15) is 6.04 Å². The molecular formula is C12H20N2O4S. The Kier molecular flexibility index (Phi) is 7.32. The Labute approximate surface area is 116 Å². The van der Waals surface area contributed by atoms with E-state index in [0.717, 1.165) is 25.9 Å². The summed E-state index contributed by atoms with van der Waals surface area (Å²) in [6.45, 7) is 1.67. The molecule has 0 aromatic heterocycles. The van der Waals surface area contributed by atoms with Crippen LogP contribution in [-0.4, -0.2) is 58.9 Å². The maximum absolute atomic E-state index is 11.8. The van der Waals surface area contributed by atoms with Gasteiger partial charge >= 0.3 is 5.97 Å². The van der Waals surface area contributed by atoms with Crippen LogP contribution < -0.4 is 5.32 Å². The van der Waals surface area contributed by atoms with E-state index < -0.39 is 12.0 Å². The number of hydrogen-bond donors (Lipinski definition) is 2. The first-order valence-electron chi connectivity index (χ1n) is 6.43. The van der Waals surface area contributed by atoms with E-state index in [2.05, 4.69) is 5.32 Å². The smallest absolute Gasteiger partial charge is 0.326 e. The SMILES string of the molecule is O=CNC(CCSCC(=O)N1CCCCC1)C(=O)O. The summed E-state index contributed by atoms with van der Waals surface area (Å²) >= 11 is 1.42. The molecule has 108 valence electrons. The Bertz CT molecular complexity index is 319. The quantitative estimate of drug-likeness (QED) is 0.496. The average Bonchev–Trinajstić information content (AvgIpc) is 2.42. The molecule has 0 radical (unpaired) electrons. The van der Waals surface area contributed by atoms with E-state index in [4.69, 9.17) is 5.11 Å². The van der Waals surface area contributed by atoms with Gasteiger partial charge in [-0.3, -0.25) is 9.59 Å². The molecule has 0 aliphatic carbocycles. The van der Waals surface area contributed by atoms with Crippen LogP contribution in [0.25, 0.3) is 0 Å². The predicted molar refractivity (Wildman–Crippen MR) is 73.0 cm³/mol. The minimum absolute atomic E-state index is 0.125. The van der Waals surface area contributed by atoms with E-state index in [1.54, 1.807) is 0 Å². The van der Waals surface area contributed by atoms with Crippen LogP contribution in [0.5, 0.6) is 0 Å². The number of piperidine rings is 1. The number of likely N-dealkylation sites (tertiary alicyclic amines) is 1. The van der Waals surface area contributed by atoms with Crippen molar-refractivity contribution in [1.82, 2.24) is 10.2 Å². The maximum atomic E-state index is 11.8. The van der Waals surface area contributed by atoms with Crippen molar-refractivity contribution in [3.63, 3.8) is 0 Å². The molecule has 1 rings (SSSR count). The largest absolute Gasteiger partial charge is 0.480 e. The van der Waals surface area contributed by atoms with Crippen molar-refractivity contribution < 1.29 is 19.5 Å². The van der Waals surface area contributed by atoms with Gasteiger partial charge < -0.3 is 15.3 Å². The molecule has 19 heavy (non-hydrogen) atoms. The molecule has 6 nitrogen and oxygen atoms in total. The molecule has 1 unspecified atom stereocenters. The van der Waals surface area contributed by atoms with E-state index >= 15 is 0 Å². The third kappa shape index (κ3) is 5.96. The number of rotatable bonds is 8. The number of amides is 2. The number of thioether (sulfide) groups is 1. The van der Waals surface area contributed by atoms with Gasteiger partial charge in [0.15, 0.2) is 0 Å². The summed E-state index contributed by atoms with van der Waals surface area (Å²) in [4.78, 5) is 34.7. The number of nitrogens with one attached hydrogen (secondary N) is 1. The van der Waals surface area contributed by atoms with Crippen molar-refractivity contribution >= 4 is 30.0 Å². The highest BCUT2D eigenvalue weighted by molar-refractivity contribution is 7.99. The third-order valence-electron chi connectivity index (χ3n) is 3.05.